The lowest BCUT2D eigenvalue weighted by atomic mass is 10.0. The summed E-state index contributed by atoms with van der Waals surface area (Å²) in [5.74, 6) is -1.35. The van der Waals surface area contributed by atoms with Crippen LogP contribution in [0, 0.1) is 6.92 Å². The number of carboxylic acids is 1. The van der Waals surface area contributed by atoms with Gasteiger partial charge in [0.25, 0.3) is 0 Å². The molecule has 0 fully saturated rings. The van der Waals surface area contributed by atoms with Crippen LogP contribution in [0.3, 0.4) is 0 Å². The van der Waals surface area contributed by atoms with Gasteiger partial charge in [0.05, 0.1) is 6.61 Å². The fourth-order valence-electron chi connectivity index (χ4n) is 2.04. The Labute approximate surface area is 138 Å². The van der Waals surface area contributed by atoms with Crippen molar-refractivity contribution in [1.29, 1.82) is 0 Å². The number of nitrogens with zero attached hydrogens (tertiary/aromatic N) is 4. The maximum absolute atomic E-state index is 12.0. The van der Waals surface area contributed by atoms with Crippen molar-refractivity contribution in [2.24, 2.45) is 0 Å². The Hall–Kier alpha value is -2.81. The van der Waals surface area contributed by atoms with Crippen LogP contribution in [0.25, 0.3) is 11.4 Å². The Kier molecular flexibility index (Phi) is 5.24. The third-order valence-electron chi connectivity index (χ3n) is 3.37. The first kappa shape index (κ1) is 17.5. The molecule has 1 heterocycles. The van der Waals surface area contributed by atoms with Crippen molar-refractivity contribution in [3.63, 3.8) is 0 Å². The van der Waals surface area contributed by atoms with Gasteiger partial charge < -0.3 is 15.2 Å². The van der Waals surface area contributed by atoms with Crippen LogP contribution in [0.4, 0.5) is 0 Å². The molecule has 2 aromatic rings. The molecule has 128 valence electrons. The number of benzene rings is 1. The number of ether oxygens (including phenoxy) is 1. The number of rotatable bonds is 7. The minimum Gasteiger partial charge on any atom is -0.479 e. The number of tetrazole rings is 1. The summed E-state index contributed by atoms with van der Waals surface area (Å²) in [6.07, 6.45) is 0. The molecule has 24 heavy (non-hydrogen) atoms. The predicted molar refractivity (Wildman–Crippen MR) is 84.0 cm³/mol. The fourth-order valence-corrected chi connectivity index (χ4v) is 2.04. The highest BCUT2D eigenvalue weighted by Crippen LogP contribution is 2.13. The molecule has 9 nitrogen and oxygen atoms in total. The van der Waals surface area contributed by atoms with Gasteiger partial charge in [0.15, 0.2) is 5.54 Å². The van der Waals surface area contributed by atoms with Gasteiger partial charge in [0, 0.05) is 12.7 Å². The topological polar surface area (TPSA) is 119 Å². The van der Waals surface area contributed by atoms with Gasteiger partial charge in [-0.2, -0.15) is 4.80 Å². The van der Waals surface area contributed by atoms with E-state index < -0.39 is 17.4 Å². The van der Waals surface area contributed by atoms with Crippen LogP contribution in [0.5, 0.6) is 0 Å². The number of hydrogen-bond donors (Lipinski definition) is 2. The molecule has 2 N–H and O–H groups in total. The van der Waals surface area contributed by atoms with E-state index in [1.54, 1.807) is 0 Å². The van der Waals surface area contributed by atoms with Crippen molar-refractivity contribution in [3.8, 4) is 11.4 Å². The lowest BCUT2D eigenvalue weighted by Crippen LogP contribution is -2.56. The molecule has 1 aromatic heterocycles. The van der Waals surface area contributed by atoms with Crippen LogP contribution < -0.4 is 5.32 Å². The molecule has 1 unspecified atom stereocenters. The number of carbonyl (C=O) groups excluding carboxylic acids is 1. The van der Waals surface area contributed by atoms with Crippen molar-refractivity contribution in [2.75, 3.05) is 13.7 Å². The van der Waals surface area contributed by atoms with Gasteiger partial charge in [-0.25, -0.2) is 4.79 Å². The van der Waals surface area contributed by atoms with E-state index in [1.165, 1.54) is 14.0 Å². The number of nitrogens with one attached hydrogen (secondary N) is 1. The zero-order chi connectivity index (χ0) is 17.7. The lowest BCUT2D eigenvalue weighted by Gasteiger charge is -2.24. The summed E-state index contributed by atoms with van der Waals surface area (Å²) in [5.41, 5.74) is 0.366. The van der Waals surface area contributed by atoms with Crippen LogP contribution in [0.15, 0.2) is 24.3 Å². The molecule has 0 spiro atoms. The van der Waals surface area contributed by atoms with E-state index in [0.717, 1.165) is 15.9 Å². The zero-order valence-corrected chi connectivity index (χ0v) is 13.7. The summed E-state index contributed by atoms with van der Waals surface area (Å²) >= 11 is 0. The molecule has 0 aliphatic rings. The molecule has 2 rings (SSSR count). The Morgan fingerprint density at radius 2 is 2.00 bits per heavy atom. The van der Waals surface area contributed by atoms with Gasteiger partial charge in [0.2, 0.25) is 11.7 Å². The van der Waals surface area contributed by atoms with Crippen molar-refractivity contribution < 1.29 is 19.4 Å². The van der Waals surface area contributed by atoms with Crippen LogP contribution >= 0.6 is 0 Å². The summed E-state index contributed by atoms with van der Waals surface area (Å²) in [6.45, 7) is 2.93. The number of amides is 1. The number of aryl methyl sites for hydroxylation is 1. The highest BCUT2D eigenvalue weighted by Gasteiger charge is 2.35. The second-order valence-electron chi connectivity index (χ2n) is 5.63. The zero-order valence-electron chi connectivity index (χ0n) is 13.7. The van der Waals surface area contributed by atoms with Gasteiger partial charge in [-0.15, -0.1) is 10.2 Å². The molecule has 1 amide bonds. The quantitative estimate of drug-likeness (QED) is 0.745. The van der Waals surface area contributed by atoms with Crippen molar-refractivity contribution >= 4 is 11.9 Å². The summed E-state index contributed by atoms with van der Waals surface area (Å²) < 4.78 is 4.85. The van der Waals surface area contributed by atoms with Crippen LogP contribution in [-0.4, -0.2) is 56.4 Å². The number of carbonyl (C=O) groups is 2. The molecule has 1 atom stereocenters. The first-order valence-corrected chi connectivity index (χ1v) is 7.22. The molecule has 0 radical (unpaired) electrons. The molecule has 0 bridgehead atoms. The van der Waals surface area contributed by atoms with Crippen LogP contribution in [0.2, 0.25) is 0 Å². The third kappa shape index (κ3) is 4.13. The van der Waals surface area contributed by atoms with E-state index in [1.807, 2.05) is 31.2 Å². The summed E-state index contributed by atoms with van der Waals surface area (Å²) in [5, 5.41) is 23.5. The minimum absolute atomic E-state index is 0.159. The Morgan fingerprint density at radius 3 is 2.58 bits per heavy atom. The molecule has 1 aromatic carbocycles. The minimum atomic E-state index is -1.52. The van der Waals surface area contributed by atoms with Gasteiger partial charge in [0.1, 0.15) is 6.54 Å². The Balaban J connectivity index is 2.05. The van der Waals surface area contributed by atoms with Crippen molar-refractivity contribution in [3.05, 3.63) is 29.8 Å². The van der Waals surface area contributed by atoms with Crippen molar-refractivity contribution in [2.45, 2.75) is 25.9 Å². The molecule has 0 aliphatic heterocycles. The SMILES string of the molecule is COCC(C)(NC(=O)Cn1nnc(-c2ccc(C)cc2)n1)C(=O)O. The first-order chi connectivity index (χ1) is 11.3. The van der Waals surface area contributed by atoms with Crippen LogP contribution in [-0.2, 0) is 20.9 Å². The lowest BCUT2D eigenvalue weighted by molar-refractivity contribution is -0.149. The number of aromatic nitrogens is 4. The number of carboxylic acid groups (broad SMARTS) is 1. The highest BCUT2D eigenvalue weighted by atomic mass is 16.5. The Morgan fingerprint density at radius 1 is 1.33 bits per heavy atom. The normalized spacial score (nSPS) is 13.3. The summed E-state index contributed by atoms with van der Waals surface area (Å²) in [7, 11) is 1.36. The average Bonchev–Trinajstić information content (AvgIpc) is 2.96. The van der Waals surface area contributed by atoms with Gasteiger partial charge in [-0.1, -0.05) is 29.8 Å². The van der Waals surface area contributed by atoms with Crippen molar-refractivity contribution in [1.82, 2.24) is 25.5 Å². The fraction of sp³-hybridized carbons (Fsp3) is 0.400. The maximum Gasteiger partial charge on any atom is 0.331 e. The second-order valence-corrected chi connectivity index (χ2v) is 5.63. The van der Waals surface area contributed by atoms with Gasteiger partial charge in [-0.3, -0.25) is 4.79 Å². The number of hydrogen-bond acceptors (Lipinski definition) is 6. The van der Waals surface area contributed by atoms with E-state index in [-0.39, 0.29) is 13.2 Å². The first-order valence-electron chi connectivity index (χ1n) is 7.22. The van der Waals surface area contributed by atoms with Gasteiger partial charge in [-0.05, 0) is 19.1 Å². The smallest absolute Gasteiger partial charge is 0.331 e. The standard InChI is InChI=1S/C15H19N5O4/c1-10-4-6-11(7-5-10)13-17-19-20(18-13)8-12(21)16-15(2,9-24-3)14(22)23/h4-7H,8-9H2,1-3H3,(H,16,21)(H,22,23). The Bertz CT molecular complexity index is 728. The number of methoxy groups -OCH3 is 1. The molecular weight excluding hydrogens is 314 g/mol. The van der Waals surface area contributed by atoms with E-state index in [4.69, 9.17) is 4.74 Å². The summed E-state index contributed by atoms with van der Waals surface area (Å²) in [4.78, 5) is 24.4. The molecular formula is C15H19N5O4. The number of aliphatic carboxylic acids is 1. The molecule has 0 saturated heterocycles. The highest BCUT2D eigenvalue weighted by molar-refractivity contribution is 5.86. The predicted octanol–water partition coefficient (Wildman–Crippen LogP) is 0.254. The second kappa shape index (κ2) is 7.18. The molecule has 0 aliphatic carbocycles. The molecule has 0 saturated carbocycles. The summed E-state index contributed by atoms with van der Waals surface area (Å²) in [6, 6.07) is 7.56. The van der Waals surface area contributed by atoms with Crippen LogP contribution in [0.1, 0.15) is 12.5 Å². The van der Waals surface area contributed by atoms with Gasteiger partial charge >= 0.3 is 5.97 Å². The largest absolute Gasteiger partial charge is 0.479 e. The third-order valence-corrected chi connectivity index (χ3v) is 3.37. The monoisotopic (exact) mass is 333 g/mol. The van der Waals surface area contributed by atoms with E-state index >= 15 is 0 Å². The maximum atomic E-state index is 12.0. The van der Waals surface area contributed by atoms with E-state index in [9.17, 15) is 14.7 Å². The average molecular weight is 333 g/mol. The van der Waals surface area contributed by atoms with E-state index in [0.29, 0.717) is 5.82 Å². The molecule has 9 heteroatoms. The van der Waals surface area contributed by atoms with E-state index in [2.05, 4.69) is 20.7 Å².